The minimum atomic E-state index is -3.66. The van der Waals surface area contributed by atoms with Crippen molar-refractivity contribution in [3.63, 3.8) is 0 Å². The number of sulfonamides is 1. The number of hydrogen-bond acceptors (Lipinski definition) is 4. The molecule has 0 fully saturated rings. The quantitative estimate of drug-likeness (QED) is 0.794. The first-order chi connectivity index (χ1) is 10.8. The number of nitrogens with two attached hydrogens (primary N) is 1. The van der Waals surface area contributed by atoms with Gasteiger partial charge in [0.05, 0.1) is 11.0 Å². The maximum Gasteiger partial charge on any atom is 0.243 e. The van der Waals surface area contributed by atoms with Gasteiger partial charge >= 0.3 is 0 Å². The highest BCUT2D eigenvalue weighted by molar-refractivity contribution is 7.89. The van der Waals surface area contributed by atoms with Gasteiger partial charge in [0.15, 0.2) is 0 Å². The van der Waals surface area contributed by atoms with Crippen LogP contribution < -0.4 is 5.73 Å². The Hall–Kier alpha value is -1.89. The Bertz CT molecular complexity index is 740. The van der Waals surface area contributed by atoms with Crippen molar-refractivity contribution in [2.24, 2.45) is 0 Å². The molecule has 1 atom stereocenters. The number of benzene rings is 2. The predicted octanol–water partition coefficient (Wildman–Crippen LogP) is 2.32. The lowest BCUT2D eigenvalue weighted by molar-refractivity contribution is 0.149. The van der Waals surface area contributed by atoms with Crippen molar-refractivity contribution in [2.45, 2.75) is 24.8 Å². The van der Waals surface area contributed by atoms with Crippen molar-refractivity contribution < 1.29 is 13.5 Å². The number of hydrogen-bond donors (Lipinski definition) is 2. The molecule has 0 radical (unpaired) electrons. The number of likely N-dealkylation sites (N-methyl/N-ethyl adjacent to an activating group) is 1. The molecule has 5 nitrogen and oxygen atoms in total. The van der Waals surface area contributed by atoms with E-state index >= 15 is 0 Å². The summed E-state index contributed by atoms with van der Waals surface area (Å²) in [4.78, 5) is 0.171. The van der Waals surface area contributed by atoms with E-state index < -0.39 is 16.1 Å². The molecular formula is C17H22N2O3S. The first kappa shape index (κ1) is 17.5. The molecule has 0 unspecified atom stereocenters. The number of anilines is 1. The van der Waals surface area contributed by atoms with Crippen molar-refractivity contribution >= 4 is 15.7 Å². The summed E-state index contributed by atoms with van der Waals surface area (Å²) in [5.41, 5.74) is 7.89. The molecule has 0 aliphatic carbocycles. The first-order valence-corrected chi connectivity index (χ1v) is 8.89. The zero-order chi connectivity index (χ0) is 17.0. The van der Waals surface area contributed by atoms with E-state index in [1.807, 2.05) is 31.2 Å². The lowest BCUT2D eigenvalue weighted by Gasteiger charge is -2.23. The molecule has 2 aromatic carbocycles. The lowest BCUT2D eigenvalue weighted by atomic mass is 10.1. The van der Waals surface area contributed by atoms with Crippen LogP contribution in [0.25, 0.3) is 0 Å². The fraction of sp³-hybridized carbons (Fsp3) is 0.294. The summed E-state index contributed by atoms with van der Waals surface area (Å²) in [6.07, 6.45) is -0.876. The SMILES string of the molecule is CCN(C[C@@H](O)c1ccc(C)cc1)S(=O)(=O)c1ccc(N)cc1. The zero-order valence-corrected chi connectivity index (χ0v) is 14.1. The Balaban J connectivity index is 2.21. The van der Waals surface area contributed by atoms with Crippen molar-refractivity contribution in [3.8, 4) is 0 Å². The highest BCUT2D eigenvalue weighted by Crippen LogP contribution is 2.21. The van der Waals surface area contributed by atoms with Gasteiger partial charge in [-0.2, -0.15) is 4.31 Å². The molecule has 124 valence electrons. The van der Waals surface area contributed by atoms with E-state index in [9.17, 15) is 13.5 Å². The van der Waals surface area contributed by atoms with Gasteiger partial charge in [-0.3, -0.25) is 0 Å². The average molecular weight is 334 g/mol. The van der Waals surface area contributed by atoms with E-state index in [2.05, 4.69) is 0 Å². The number of nitrogen functional groups attached to an aromatic ring is 1. The van der Waals surface area contributed by atoms with Gasteiger partial charge in [-0.25, -0.2) is 8.42 Å². The molecule has 3 N–H and O–H groups in total. The van der Waals surface area contributed by atoms with Gasteiger partial charge in [0.2, 0.25) is 10.0 Å². The third-order valence-corrected chi connectivity index (χ3v) is 5.66. The van der Waals surface area contributed by atoms with Crippen LogP contribution in [-0.2, 0) is 10.0 Å². The minimum absolute atomic E-state index is 0.00622. The smallest absolute Gasteiger partial charge is 0.243 e. The van der Waals surface area contributed by atoms with Gasteiger partial charge in [0.1, 0.15) is 0 Å². The normalized spacial score (nSPS) is 13.2. The molecule has 6 heteroatoms. The second-order valence-electron chi connectivity index (χ2n) is 5.45. The van der Waals surface area contributed by atoms with Gasteiger partial charge in [0.25, 0.3) is 0 Å². The largest absolute Gasteiger partial charge is 0.399 e. The minimum Gasteiger partial charge on any atom is -0.399 e. The third-order valence-electron chi connectivity index (χ3n) is 3.71. The zero-order valence-electron chi connectivity index (χ0n) is 13.3. The van der Waals surface area contributed by atoms with Crippen LogP contribution in [0.2, 0.25) is 0 Å². The summed E-state index contributed by atoms with van der Waals surface area (Å²) in [5.74, 6) is 0. The van der Waals surface area contributed by atoms with Crippen molar-refractivity contribution in [2.75, 3.05) is 18.8 Å². The van der Waals surface area contributed by atoms with Crippen molar-refractivity contribution in [1.82, 2.24) is 4.31 Å². The van der Waals surface area contributed by atoms with Gasteiger partial charge < -0.3 is 10.8 Å². The fourth-order valence-electron chi connectivity index (χ4n) is 2.27. The fourth-order valence-corrected chi connectivity index (χ4v) is 3.73. The summed E-state index contributed by atoms with van der Waals surface area (Å²) in [7, 11) is -3.66. The maximum absolute atomic E-state index is 12.7. The van der Waals surface area contributed by atoms with Crippen molar-refractivity contribution in [3.05, 3.63) is 59.7 Å². The van der Waals surface area contributed by atoms with E-state index in [1.165, 1.54) is 16.4 Å². The van der Waals surface area contributed by atoms with Crippen LogP contribution in [0.15, 0.2) is 53.4 Å². The molecule has 0 bridgehead atoms. The third kappa shape index (κ3) is 4.10. The molecule has 2 rings (SSSR count). The molecule has 23 heavy (non-hydrogen) atoms. The highest BCUT2D eigenvalue weighted by Gasteiger charge is 2.25. The number of aryl methyl sites for hydroxylation is 1. The molecule has 0 saturated heterocycles. The molecule has 0 saturated carbocycles. The Kier molecular flexibility index (Phi) is 5.41. The van der Waals surface area contributed by atoms with E-state index in [0.29, 0.717) is 11.3 Å². The molecular weight excluding hydrogens is 312 g/mol. The molecule has 0 aliphatic rings. The Morgan fingerprint density at radius 3 is 2.17 bits per heavy atom. The van der Waals surface area contributed by atoms with Crippen LogP contribution in [0.3, 0.4) is 0 Å². The van der Waals surface area contributed by atoms with Crippen LogP contribution >= 0.6 is 0 Å². The van der Waals surface area contributed by atoms with E-state index in [4.69, 9.17) is 5.73 Å². The van der Waals surface area contributed by atoms with Crippen LogP contribution in [0.1, 0.15) is 24.2 Å². The van der Waals surface area contributed by atoms with Gasteiger partial charge in [-0.05, 0) is 36.8 Å². The van der Waals surface area contributed by atoms with Gasteiger partial charge in [-0.1, -0.05) is 36.8 Å². The summed E-state index contributed by atoms with van der Waals surface area (Å²) >= 11 is 0. The summed E-state index contributed by atoms with van der Waals surface area (Å²) < 4.78 is 26.6. The molecule has 2 aromatic rings. The molecule has 0 aliphatic heterocycles. The van der Waals surface area contributed by atoms with Crippen LogP contribution in [0.5, 0.6) is 0 Å². The Morgan fingerprint density at radius 2 is 1.65 bits per heavy atom. The van der Waals surface area contributed by atoms with Crippen LogP contribution in [-0.4, -0.2) is 30.9 Å². The lowest BCUT2D eigenvalue weighted by Crippen LogP contribution is -2.34. The molecule has 0 aromatic heterocycles. The number of aliphatic hydroxyl groups is 1. The Morgan fingerprint density at radius 1 is 1.09 bits per heavy atom. The van der Waals surface area contributed by atoms with Crippen molar-refractivity contribution in [1.29, 1.82) is 0 Å². The second-order valence-corrected chi connectivity index (χ2v) is 7.39. The van der Waals surface area contributed by atoms with E-state index in [-0.39, 0.29) is 18.0 Å². The topological polar surface area (TPSA) is 83.6 Å². The van der Waals surface area contributed by atoms with E-state index in [0.717, 1.165) is 5.56 Å². The Labute approximate surface area is 137 Å². The highest BCUT2D eigenvalue weighted by atomic mass is 32.2. The first-order valence-electron chi connectivity index (χ1n) is 7.45. The average Bonchev–Trinajstić information content (AvgIpc) is 2.53. The molecule has 0 heterocycles. The number of rotatable bonds is 6. The summed E-state index contributed by atoms with van der Waals surface area (Å²) in [5, 5.41) is 10.3. The maximum atomic E-state index is 12.7. The van der Waals surface area contributed by atoms with E-state index in [1.54, 1.807) is 19.1 Å². The molecule has 0 spiro atoms. The van der Waals surface area contributed by atoms with Gasteiger partial charge in [-0.15, -0.1) is 0 Å². The van der Waals surface area contributed by atoms with Crippen LogP contribution in [0, 0.1) is 6.92 Å². The monoisotopic (exact) mass is 334 g/mol. The number of nitrogens with zero attached hydrogens (tertiary/aromatic N) is 1. The number of aliphatic hydroxyl groups excluding tert-OH is 1. The predicted molar refractivity (Wildman–Crippen MR) is 91.4 cm³/mol. The molecule has 0 amide bonds. The van der Waals surface area contributed by atoms with Crippen LogP contribution in [0.4, 0.5) is 5.69 Å². The summed E-state index contributed by atoms with van der Waals surface area (Å²) in [6.45, 7) is 3.98. The standard InChI is InChI=1S/C17H22N2O3S/c1-3-19(12-17(20)14-6-4-13(2)5-7-14)23(21,22)16-10-8-15(18)9-11-16/h4-11,17,20H,3,12,18H2,1-2H3/t17-/m1/s1. The second kappa shape index (κ2) is 7.12. The van der Waals surface area contributed by atoms with Gasteiger partial charge in [0, 0.05) is 18.8 Å². The summed E-state index contributed by atoms with van der Waals surface area (Å²) in [6, 6.07) is 13.5.